The number of rotatable bonds is 8. The van der Waals surface area contributed by atoms with Crippen molar-refractivity contribution in [2.24, 2.45) is 0 Å². The van der Waals surface area contributed by atoms with E-state index in [9.17, 15) is 4.79 Å². The fraction of sp³-hybridized carbons (Fsp3) is 0.409. The Kier molecular flexibility index (Phi) is 6.67. The van der Waals surface area contributed by atoms with E-state index >= 15 is 0 Å². The Balaban J connectivity index is 1.54. The molecule has 0 spiro atoms. The molecule has 4 nitrogen and oxygen atoms in total. The Morgan fingerprint density at radius 3 is 2.81 bits per heavy atom. The highest BCUT2D eigenvalue weighted by Crippen LogP contribution is 2.19. The van der Waals surface area contributed by atoms with Crippen LogP contribution in [-0.2, 0) is 4.74 Å². The second kappa shape index (κ2) is 9.39. The first-order valence-corrected chi connectivity index (χ1v) is 9.44. The van der Waals surface area contributed by atoms with Crippen molar-refractivity contribution in [1.29, 1.82) is 0 Å². The van der Waals surface area contributed by atoms with Gasteiger partial charge in [0.2, 0.25) is 0 Å². The molecule has 0 aromatic heterocycles. The Bertz CT molecular complexity index is 696. The van der Waals surface area contributed by atoms with Gasteiger partial charge in [0.05, 0.1) is 6.10 Å². The average molecular weight is 353 g/mol. The summed E-state index contributed by atoms with van der Waals surface area (Å²) >= 11 is 0. The number of ether oxygens (including phenoxy) is 2. The SMILES string of the molecule is CCC(CNC(=O)c1cccc(OCC2CCCO2)c1)c1ccccc1. The van der Waals surface area contributed by atoms with Crippen LogP contribution in [0.15, 0.2) is 54.6 Å². The fourth-order valence-electron chi connectivity index (χ4n) is 3.23. The van der Waals surface area contributed by atoms with Gasteiger partial charge in [0.15, 0.2) is 0 Å². The number of carbonyl (C=O) groups is 1. The predicted octanol–water partition coefficient (Wildman–Crippen LogP) is 4.17. The average Bonchev–Trinajstić information content (AvgIpc) is 3.21. The maximum atomic E-state index is 12.5. The number of hydrogen-bond donors (Lipinski definition) is 1. The maximum Gasteiger partial charge on any atom is 0.251 e. The van der Waals surface area contributed by atoms with E-state index in [1.807, 2.05) is 36.4 Å². The topological polar surface area (TPSA) is 47.6 Å². The predicted molar refractivity (Wildman–Crippen MR) is 103 cm³/mol. The zero-order valence-corrected chi connectivity index (χ0v) is 15.3. The van der Waals surface area contributed by atoms with Gasteiger partial charge in [-0.3, -0.25) is 4.79 Å². The van der Waals surface area contributed by atoms with Crippen molar-refractivity contribution in [3.05, 3.63) is 65.7 Å². The lowest BCUT2D eigenvalue weighted by molar-refractivity contribution is 0.0679. The monoisotopic (exact) mass is 353 g/mol. The Morgan fingerprint density at radius 2 is 2.08 bits per heavy atom. The van der Waals surface area contributed by atoms with Crippen molar-refractivity contribution in [2.75, 3.05) is 19.8 Å². The summed E-state index contributed by atoms with van der Waals surface area (Å²) in [5.74, 6) is 0.962. The molecule has 2 unspecified atom stereocenters. The van der Waals surface area contributed by atoms with E-state index in [0.717, 1.165) is 25.9 Å². The molecule has 0 bridgehead atoms. The quantitative estimate of drug-likeness (QED) is 0.775. The van der Waals surface area contributed by atoms with Crippen LogP contribution in [0.5, 0.6) is 5.75 Å². The molecule has 3 rings (SSSR count). The summed E-state index contributed by atoms with van der Waals surface area (Å²) in [5.41, 5.74) is 1.88. The molecule has 1 aliphatic rings. The molecule has 0 aliphatic carbocycles. The van der Waals surface area contributed by atoms with Crippen molar-refractivity contribution in [1.82, 2.24) is 5.32 Å². The van der Waals surface area contributed by atoms with Crippen molar-refractivity contribution in [2.45, 2.75) is 38.2 Å². The molecule has 2 aromatic rings. The van der Waals surface area contributed by atoms with Gasteiger partial charge in [-0.1, -0.05) is 43.3 Å². The summed E-state index contributed by atoms with van der Waals surface area (Å²) in [6.45, 7) is 4.12. The smallest absolute Gasteiger partial charge is 0.251 e. The summed E-state index contributed by atoms with van der Waals surface area (Å²) in [6, 6.07) is 17.7. The number of hydrogen-bond acceptors (Lipinski definition) is 3. The Labute approximate surface area is 155 Å². The molecular formula is C22H27NO3. The minimum Gasteiger partial charge on any atom is -0.491 e. The number of benzene rings is 2. The molecule has 1 aliphatic heterocycles. The van der Waals surface area contributed by atoms with E-state index in [4.69, 9.17) is 9.47 Å². The molecule has 1 amide bonds. The van der Waals surface area contributed by atoms with Crippen LogP contribution in [0.3, 0.4) is 0 Å². The molecule has 2 aromatic carbocycles. The van der Waals surface area contributed by atoms with Crippen LogP contribution in [0, 0.1) is 0 Å². The molecular weight excluding hydrogens is 326 g/mol. The Hall–Kier alpha value is -2.33. The molecule has 1 N–H and O–H groups in total. The van der Waals surface area contributed by atoms with Gasteiger partial charge in [-0.25, -0.2) is 0 Å². The van der Waals surface area contributed by atoms with Gasteiger partial charge in [-0.05, 0) is 43.0 Å². The maximum absolute atomic E-state index is 12.5. The second-order valence-electron chi connectivity index (χ2n) is 6.70. The van der Waals surface area contributed by atoms with Crippen molar-refractivity contribution >= 4 is 5.91 Å². The van der Waals surface area contributed by atoms with E-state index in [1.54, 1.807) is 6.07 Å². The third-order valence-corrected chi connectivity index (χ3v) is 4.83. The van der Waals surface area contributed by atoms with E-state index in [-0.39, 0.29) is 12.0 Å². The van der Waals surface area contributed by atoms with Gasteiger partial charge >= 0.3 is 0 Å². The van der Waals surface area contributed by atoms with Crippen molar-refractivity contribution in [3.63, 3.8) is 0 Å². The minimum absolute atomic E-state index is 0.0676. The molecule has 4 heteroatoms. The van der Waals surface area contributed by atoms with E-state index in [0.29, 0.717) is 30.4 Å². The molecule has 1 fully saturated rings. The highest BCUT2D eigenvalue weighted by Gasteiger charge is 2.16. The molecule has 2 atom stereocenters. The first-order valence-electron chi connectivity index (χ1n) is 9.44. The van der Waals surface area contributed by atoms with Crippen LogP contribution in [0.25, 0.3) is 0 Å². The largest absolute Gasteiger partial charge is 0.491 e. The summed E-state index contributed by atoms with van der Waals surface area (Å²) in [5, 5.41) is 3.05. The third-order valence-electron chi connectivity index (χ3n) is 4.83. The van der Waals surface area contributed by atoms with Crippen LogP contribution in [-0.4, -0.2) is 31.8 Å². The molecule has 138 valence electrons. The Morgan fingerprint density at radius 1 is 1.23 bits per heavy atom. The number of nitrogens with one attached hydrogen (secondary N) is 1. The lowest BCUT2D eigenvalue weighted by Gasteiger charge is -2.16. The highest BCUT2D eigenvalue weighted by molar-refractivity contribution is 5.94. The third kappa shape index (κ3) is 5.09. The second-order valence-corrected chi connectivity index (χ2v) is 6.70. The van der Waals surface area contributed by atoms with E-state index in [2.05, 4.69) is 24.4 Å². The highest BCUT2D eigenvalue weighted by atomic mass is 16.5. The van der Waals surface area contributed by atoms with Crippen LogP contribution in [0.2, 0.25) is 0 Å². The first-order chi connectivity index (χ1) is 12.8. The summed E-state index contributed by atoms with van der Waals surface area (Å²) in [6.07, 6.45) is 3.28. The molecule has 26 heavy (non-hydrogen) atoms. The van der Waals surface area contributed by atoms with Gasteiger partial charge in [-0.15, -0.1) is 0 Å². The van der Waals surface area contributed by atoms with Crippen molar-refractivity contribution in [3.8, 4) is 5.75 Å². The molecule has 1 saturated heterocycles. The summed E-state index contributed by atoms with van der Waals surface area (Å²) in [7, 11) is 0. The van der Waals surface area contributed by atoms with E-state index < -0.39 is 0 Å². The lowest BCUT2D eigenvalue weighted by Crippen LogP contribution is -2.28. The van der Waals surface area contributed by atoms with Crippen LogP contribution < -0.4 is 10.1 Å². The lowest BCUT2D eigenvalue weighted by atomic mass is 9.96. The molecule has 1 heterocycles. The fourth-order valence-corrected chi connectivity index (χ4v) is 3.23. The van der Waals surface area contributed by atoms with Gasteiger partial charge < -0.3 is 14.8 Å². The molecule has 0 radical (unpaired) electrons. The van der Waals surface area contributed by atoms with Crippen LogP contribution in [0.1, 0.15) is 48.0 Å². The van der Waals surface area contributed by atoms with Crippen molar-refractivity contribution < 1.29 is 14.3 Å². The van der Waals surface area contributed by atoms with E-state index in [1.165, 1.54) is 5.56 Å². The van der Waals surface area contributed by atoms with Gasteiger partial charge in [0.1, 0.15) is 12.4 Å². The van der Waals surface area contributed by atoms with Gasteiger partial charge in [0, 0.05) is 24.6 Å². The standard InChI is InChI=1S/C22H27NO3/c1-2-17(18-8-4-3-5-9-18)15-23-22(24)19-10-6-11-20(14-19)26-16-21-12-7-13-25-21/h3-6,8-11,14,17,21H,2,7,12-13,15-16H2,1H3,(H,23,24). The zero-order valence-electron chi connectivity index (χ0n) is 15.3. The van der Waals surface area contributed by atoms with Crippen LogP contribution in [0.4, 0.5) is 0 Å². The van der Waals surface area contributed by atoms with Crippen LogP contribution >= 0.6 is 0 Å². The molecule has 0 saturated carbocycles. The normalized spacial score (nSPS) is 17.7. The summed E-state index contributed by atoms with van der Waals surface area (Å²) in [4.78, 5) is 12.5. The van der Waals surface area contributed by atoms with Gasteiger partial charge in [-0.2, -0.15) is 0 Å². The number of carbonyl (C=O) groups excluding carboxylic acids is 1. The number of amides is 1. The minimum atomic E-state index is -0.0676. The zero-order chi connectivity index (χ0) is 18.2. The summed E-state index contributed by atoms with van der Waals surface area (Å²) < 4.78 is 11.4. The first kappa shape index (κ1) is 18.5. The van der Waals surface area contributed by atoms with Gasteiger partial charge in [0.25, 0.3) is 5.91 Å².